The van der Waals surface area contributed by atoms with Gasteiger partial charge in [-0.1, -0.05) is 0 Å². The molecule has 28 heavy (non-hydrogen) atoms. The van der Waals surface area contributed by atoms with Crippen molar-refractivity contribution in [3.63, 3.8) is 0 Å². The number of pyridine rings is 1. The monoisotopic (exact) mass is 403 g/mol. The molecular formula is C20H19ClFN3O3. The quantitative estimate of drug-likeness (QED) is 0.591. The molecule has 0 bridgehead atoms. The molecule has 6 nitrogen and oxygen atoms in total. The first-order valence-electron chi connectivity index (χ1n) is 8.24. The van der Waals surface area contributed by atoms with Gasteiger partial charge in [0.2, 0.25) is 0 Å². The van der Waals surface area contributed by atoms with E-state index in [1.165, 1.54) is 12.1 Å². The Kier molecular flexibility index (Phi) is 6.99. The first-order chi connectivity index (χ1) is 13.0. The van der Waals surface area contributed by atoms with E-state index in [0.29, 0.717) is 46.7 Å². The highest BCUT2D eigenvalue weighted by atomic mass is 35.5. The summed E-state index contributed by atoms with van der Waals surface area (Å²) in [7, 11) is 1.57. The number of nitriles is 1. The van der Waals surface area contributed by atoms with Gasteiger partial charge in [0.05, 0.1) is 23.4 Å². The molecule has 0 saturated heterocycles. The molecular weight excluding hydrogens is 385 g/mol. The Morgan fingerprint density at radius 2 is 2.00 bits per heavy atom. The number of nitrogens with zero attached hydrogens (tertiary/aromatic N) is 2. The molecule has 3 rings (SSSR count). The Morgan fingerprint density at radius 1 is 1.21 bits per heavy atom. The van der Waals surface area contributed by atoms with Crippen LogP contribution in [0.4, 0.5) is 15.8 Å². The number of methoxy groups -OCH3 is 1. The molecule has 8 heteroatoms. The molecule has 0 atom stereocenters. The van der Waals surface area contributed by atoms with Crippen LogP contribution in [0.3, 0.4) is 0 Å². The zero-order valence-electron chi connectivity index (χ0n) is 15.3. The molecule has 0 spiro atoms. The van der Waals surface area contributed by atoms with E-state index < -0.39 is 5.82 Å². The Balaban J connectivity index is 0.00000280. The summed E-state index contributed by atoms with van der Waals surface area (Å²) < 4.78 is 24.8. The Bertz CT molecular complexity index is 1040. The molecule has 1 aromatic heterocycles. The zero-order chi connectivity index (χ0) is 19.4. The molecule has 0 amide bonds. The first-order valence-corrected chi connectivity index (χ1v) is 8.24. The average Bonchev–Trinajstić information content (AvgIpc) is 2.66. The van der Waals surface area contributed by atoms with Gasteiger partial charge in [-0.05, 0) is 30.7 Å². The van der Waals surface area contributed by atoms with Crippen molar-refractivity contribution >= 4 is 34.7 Å². The summed E-state index contributed by atoms with van der Waals surface area (Å²) in [6.07, 6.45) is 1.57. The van der Waals surface area contributed by atoms with Crippen LogP contribution >= 0.6 is 12.4 Å². The van der Waals surface area contributed by atoms with Crippen molar-refractivity contribution in [3.05, 3.63) is 53.5 Å². The second-order valence-electron chi connectivity index (χ2n) is 5.92. The summed E-state index contributed by atoms with van der Waals surface area (Å²) in [5, 5.41) is 22.9. The van der Waals surface area contributed by atoms with Crippen molar-refractivity contribution in [2.75, 3.05) is 25.6 Å². The van der Waals surface area contributed by atoms with Gasteiger partial charge in [0, 0.05) is 36.5 Å². The summed E-state index contributed by atoms with van der Waals surface area (Å²) in [5.74, 6) is -0.0926. The van der Waals surface area contributed by atoms with Crippen molar-refractivity contribution in [3.8, 4) is 17.6 Å². The fourth-order valence-electron chi connectivity index (χ4n) is 2.63. The van der Waals surface area contributed by atoms with Gasteiger partial charge in [-0.25, -0.2) is 4.39 Å². The van der Waals surface area contributed by atoms with Gasteiger partial charge in [0.25, 0.3) is 0 Å². The number of anilines is 2. The number of hydrogen-bond acceptors (Lipinski definition) is 6. The van der Waals surface area contributed by atoms with Crippen molar-refractivity contribution < 1.29 is 19.0 Å². The lowest BCUT2D eigenvalue weighted by atomic mass is 10.1. The van der Waals surface area contributed by atoms with Crippen molar-refractivity contribution in [1.82, 2.24) is 4.98 Å². The topological polar surface area (TPSA) is 87.4 Å². The predicted molar refractivity (Wildman–Crippen MR) is 107 cm³/mol. The summed E-state index contributed by atoms with van der Waals surface area (Å²) >= 11 is 0. The molecule has 146 valence electrons. The highest BCUT2D eigenvalue weighted by Gasteiger charge is 2.12. The Hall–Kier alpha value is -3.08. The number of aryl methyl sites for hydroxylation is 1. The summed E-state index contributed by atoms with van der Waals surface area (Å²) in [5.41, 5.74) is 2.05. The minimum Gasteiger partial charge on any atom is -0.508 e. The largest absolute Gasteiger partial charge is 0.508 e. The highest BCUT2D eigenvalue weighted by Crippen LogP contribution is 2.33. The third-order valence-electron chi connectivity index (χ3n) is 4.06. The second-order valence-corrected chi connectivity index (χ2v) is 5.92. The predicted octanol–water partition coefficient (Wildman–Crippen LogP) is 4.45. The van der Waals surface area contributed by atoms with Gasteiger partial charge >= 0.3 is 0 Å². The van der Waals surface area contributed by atoms with E-state index in [1.54, 1.807) is 38.4 Å². The van der Waals surface area contributed by atoms with Crippen LogP contribution in [0.1, 0.15) is 11.1 Å². The molecule has 0 aliphatic carbocycles. The fourth-order valence-corrected chi connectivity index (χ4v) is 2.63. The van der Waals surface area contributed by atoms with Gasteiger partial charge in [-0.3, -0.25) is 4.98 Å². The number of nitrogens with one attached hydrogen (secondary N) is 1. The van der Waals surface area contributed by atoms with Crippen LogP contribution in [0, 0.1) is 24.1 Å². The van der Waals surface area contributed by atoms with Gasteiger partial charge in [-0.2, -0.15) is 5.26 Å². The molecule has 1 heterocycles. The van der Waals surface area contributed by atoms with Gasteiger partial charge in [-0.15, -0.1) is 12.4 Å². The number of hydrogen-bond donors (Lipinski definition) is 2. The van der Waals surface area contributed by atoms with Crippen LogP contribution in [0.5, 0.6) is 11.5 Å². The van der Waals surface area contributed by atoms with E-state index in [-0.39, 0.29) is 23.8 Å². The van der Waals surface area contributed by atoms with Gasteiger partial charge < -0.3 is 19.9 Å². The van der Waals surface area contributed by atoms with Gasteiger partial charge in [0.1, 0.15) is 30.0 Å². The third kappa shape index (κ3) is 4.42. The fraction of sp³-hybridized carbons (Fsp3) is 0.200. The van der Waals surface area contributed by atoms with Crippen LogP contribution in [-0.4, -0.2) is 30.4 Å². The standard InChI is InChI=1S/C20H18FN3O3.ClH/c1-12-7-15(21)18(9-19(12)25)24-16-3-4-23-17-10-20(27-6-5-26-2)13(11-22)8-14(16)17;/h3-4,7-10,25H,5-6H2,1-2H3,(H,23,24);1H. The normalized spacial score (nSPS) is 10.2. The molecule has 0 unspecified atom stereocenters. The number of fused-ring (bicyclic) bond motifs is 1. The number of phenolic OH excluding ortho intramolecular Hbond substituents is 1. The molecule has 0 radical (unpaired) electrons. The number of aromatic nitrogens is 1. The van der Waals surface area contributed by atoms with E-state index in [1.807, 2.05) is 0 Å². The number of halogens is 2. The Labute approximate surface area is 167 Å². The van der Waals surface area contributed by atoms with Crippen molar-refractivity contribution in [2.45, 2.75) is 6.92 Å². The SMILES string of the molecule is COCCOc1cc2nccc(Nc3cc(O)c(C)cc3F)c2cc1C#N.Cl. The third-order valence-corrected chi connectivity index (χ3v) is 4.06. The van der Waals surface area contributed by atoms with E-state index in [2.05, 4.69) is 16.4 Å². The van der Waals surface area contributed by atoms with E-state index in [9.17, 15) is 14.8 Å². The maximum absolute atomic E-state index is 14.2. The smallest absolute Gasteiger partial charge is 0.147 e. The maximum Gasteiger partial charge on any atom is 0.147 e. The van der Waals surface area contributed by atoms with Crippen LogP contribution in [0.25, 0.3) is 10.9 Å². The minimum atomic E-state index is -0.490. The number of ether oxygens (including phenoxy) is 2. The van der Waals surface area contributed by atoms with E-state index in [4.69, 9.17) is 9.47 Å². The van der Waals surface area contributed by atoms with Crippen LogP contribution < -0.4 is 10.1 Å². The number of rotatable bonds is 6. The summed E-state index contributed by atoms with van der Waals surface area (Å²) in [4.78, 5) is 4.30. The molecule has 2 N–H and O–H groups in total. The molecule has 0 fully saturated rings. The van der Waals surface area contributed by atoms with Crippen LogP contribution in [0.2, 0.25) is 0 Å². The van der Waals surface area contributed by atoms with E-state index in [0.717, 1.165) is 0 Å². The van der Waals surface area contributed by atoms with E-state index >= 15 is 0 Å². The average molecular weight is 404 g/mol. The molecule has 0 aliphatic heterocycles. The lowest BCUT2D eigenvalue weighted by molar-refractivity contribution is 0.146. The first kappa shape index (κ1) is 21.2. The molecule has 3 aromatic rings. The van der Waals surface area contributed by atoms with Gasteiger partial charge in [0.15, 0.2) is 0 Å². The van der Waals surface area contributed by atoms with Crippen LogP contribution in [-0.2, 0) is 4.74 Å². The number of aromatic hydroxyl groups is 1. The molecule has 0 aliphatic rings. The maximum atomic E-state index is 14.2. The van der Waals surface area contributed by atoms with Crippen molar-refractivity contribution in [2.24, 2.45) is 0 Å². The number of phenols is 1. The highest BCUT2D eigenvalue weighted by molar-refractivity contribution is 5.95. The number of benzene rings is 2. The Morgan fingerprint density at radius 3 is 2.71 bits per heavy atom. The van der Waals surface area contributed by atoms with Crippen molar-refractivity contribution in [1.29, 1.82) is 5.26 Å². The second kappa shape index (κ2) is 9.22. The zero-order valence-corrected chi connectivity index (χ0v) is 16.1. The lowest BCUT2D eigenvalue weighted by Crippen LogP contribution is -2.05. The van der Waals surface area contributed by atoms with Crippen LogP contribution in [0.15, 0.2) is 36.5 Å². The summed E-state index contributed by atoms with van der Waals surface area (Å²) in [6.45, 7) is 2.32. The molecule has 2 aromatic carbocycles. The minimum absolute atomic E-state index is 0. The summed E-state index contributed by atoms with van der Waals surface area (Å²) in [6, 6.07) is 9.65. The lowest BCUT2D eigenvalue weighted by Gasteiger charge is -2.13. The molecule has 0 saturated carbocycles.